The van der Waals surface area contributed by atoms with Crippen LogP contribution in [0.3, 0.4) is 0 Å². The number of aliphatic hydroxyl groups is 2. The third-order valence-corrected chi connectivity index (χ3v) is 16.4. The molecule has 0 spiro atoms. The summed E-state index contributed by atoms with van der Waals surface area (Å²) in [6.45, 7) is 4.93. The van der Waals surface area contributed by atoms with Gasteiger partial charge in [0.15, 0.2) is 0 Å². The third kappa shape index (κ3) is 63.3. The second-order valence-corrected chi connectivity index (χ2v) is 24.2. The molecule has 0 saturated carbocycles. The summed E-state index contributed by atoms with van der Waals surface area (Å²) in [6, 6.07) is -0.634. The van der Waals surface area contributed by atoms with Gasteiger partial charge in [-0.2, -0.15) is 0 Å². The van der Waals surface area contributed by atoms with Crippen molar-refractivity contribution in [3.8, 4) is 0 Å². The Morgan fingerprint density at radius 3 is 0.910 bits per heavy atom. The molecule has 2 atom stereocenters. The molecule has 0 fully saturated rings. The minimum absolute atomic E-state index is 0.00414. The zero-order chi connectivity index (χ0) is 56.4. The van der Waals surface area contributed by atoms with Crippen molar-refractivity contribution in [3.63, 3.8) is 0 Å². The highest BCUT2D eigenvalue weighted by molar-refractivity contribution is 5.76. The first-order valence-corrected chi connectivity index (χ1v) is 35.3. The van der Waals surface area contributed by atoms with Gasteiger partial charge < -0.3 is 20.3 Å². The molecule has 0 rings (SSSR count). The number of esters is 1. The van der Waals surface area contributed by atoms with Crippen LogP contribution in [0.4, 0.5) is 0 Å². The van der Waals surface area contributed by atoms with Crippen LogP contribution < -0.4 is 5.32 Å². The van der Waals surface area contributed by atoms with Gasteiger partial charge in [0.05, 0.1) is 25.4 Å². The number of allylic oxidation sites excluding steroid dienone is 5. The predicted molar refractivity (Wildman–Crippen MR) is 343 cm³/mol. The standard InChI is InChI=1S/C72H137NO5/c1-3-5-7-9-11-13-15-17-19-21-22-23-27-30-33-36-40-44-48-52-56-60-64-70(75)69(68-74)73-71(76)65-61-57-53-49-45-41-37-34-31-28-25-24-26-29-32-35-39-43-47-51-55-59-63-67-78-72(77)66-62-58-54-50-46-42-38-20-18-16-14-12-10-8-6-4-2/h20,28,31,38,60,64,69-70,74-75H,3-19,21-27,29-30,32-37,39-59,61-63,65-68H2,1-2H3,(H,73,76)/b31-28-,38-20-,64-60+. The molecule has 1 amide bonds. The van der Waals surface area contributed by atoms with E-state index in [1.165, 1.54) is 308 Å². The Kier molecular flexibility index (Phi) is 65.9. The minimum Gasteiger partial charge on any atom is -0.466 e. The molecule has 0 aromatic carbocycles. The number of nitrogens with one attached hydrogen (secondary N) is 1. The van der Waals surface area contributed by atoms with Crippen molar-refractivity contribution >= 4 is 11.9 Å². The first-order chi connectivity index (χ1) is 38.5. The van der Waals surface area contributed by atoms with Gasteiger partial charge in [-0.25, -0.2) is 0 Å². The van der Waals surface area contributed by atoms with Gasteiger partial charge in [0.1, 0.15) is 0 Å². The highest BCUT2D eigenvalue weighted by Crippen LogP contribution is 2.18. The highest BCUT2D eigenvalue weighted by atomic mass is 16.5. The second-order valence-electron chi connectivity index (χ2n) is 24.2. The van der Waals surface area contributed by atoms with Crippen LogP contribution in [-0.4, -0.2) is 47.4 Å². The van der Waals surface area contributed by atoms with Crippen molar-refractivity contribution in [2.24, 2.45) is 0 Å². The smallest absolute Gasteiger partial charge is 0.305 e. The van der Waals surface area contributed by atoms with Crippen LogP contribution >= 0.6 is 0 Å². The van der Waals surface area contributed by atoms with Crippen molar-refractivity contribution in [2.75, 3.05) is 13.2 Å². The number of carbonyl (C=O) groups is 2. The molecule has 0 heterocycles. The van der Waals surface area contributed by atoms with Crippen molar-refractivity contribution in [3.05, 3.63) is 36.5 Å². The molecule has 0 aliphatic carbocycles. The van der Waals surface area contributed by atoms with Gasteiger partial charge in [-0.3, -0.25) is 9.59 Å². The molecule has 0 radical (unpaired) electrons. The Morgan fingerprint density at radius 2 is 0.603 bits per heavy atom. The van der Waals surface area contributed by atoms with E-state index in [4.69, 9.17) is 4.74 Å². The topological polar surface area (TPSA) is 95.9 Å². The van der Waals surface area contributed by atoms with Crippen LogP contribution in [-0.2, 0) is 14.3 Å². The molecule has 6 heteroatoms. The van der Waals surface area contributed by atoms with E-state index in [0.717, 1.165) is 51.4 Å². The third-order valence-electron chi connectivity index (χ3n) is 16.4. The van der Waals surface area contributed by atoms with Crippen LogP contribution in [0.1, 0.15) is 386 Å². The van der Waals surface area contributed by atoms with Gasteiger partial charge in [0.2, 0.25) is 5.91 Å². The molecule has 0 bridgehead atoms. The van der Waals surface area contributed by atoms with Crippen LogP contribution in [0.25, 0.3) is 0 Å². The average molecular weight is 1100 g/mol. The minimum atomic E-state index is -0.850. The van der Waals surface area contributed by atoms with Gasteiger partial charge in [0.25, 0.3) is 0 Å². The van der Waals surface area contributed by atoms with Gasteiger partial charge in [-0.1, -0.05) is 326 Å². The monoisotopic (exact) mass is 1100 g/mol. The quantitative estimate of drug-likeness (QED) is 0.0320. The molecule has 2 unspecified atom stereocenters. The largest absolute Gasteiger partial charge is 0.466 e. The Balaban J connectivity index is 3.44. The fourth-order valence-electron chi connectivity index (χ4n) is 11.0. The van der Waals surface area contributed by atoms with E-state index >= 15 is 0 Å². The van der Waals surface area contributed by atoms with Gasteiger partial charge >= 0.3 is 5.97 Å². The zero-order valence-corrected chi connectivity index (χ0v) is 52.7. The molecule has 0 aliphatic rings. The van der Waals surface area contributed by atoms with E-state index in [2.05, 4.69) is 43.5 Å². The lowest BCUT2D eigenvalue weighted by Crippen LogP contribution is -2.45. The number of hydrogen-bond acceptors (Lipinski definition) is 5. The maximum Gasteiger partial charge on any atom is 0.305 e. The fraction of sp³-hybridized carbons (Fsp3) is 0.889. The van der Waals surface area contributed by atoms with E-state index < -0.39 is 12.1 Å². The Labute approximate surface area is 487 Å². The first-order valence-electron chi connectivity index (χ1n) is 35.3. The van der Waals surface area contributed by atoms with E-state index in [1.54, 1.807) is 6.08 Å². The highest BCUT2D eigenvalue weighted by Gasteiger charge is 2.18. The molecule has 78 heavy (non-hydrogen) atoms. The molecule has 460 valence electrons. The maximum absolute atomic E-state index is 12.5. The summed E-state index contributed by atoms with van der Waals surface area (Å²) in [5.41, 5.74) is 0. The lowest BCUT2D eigenvalue weighted by atomic mass is 10.0. The summed E-state index contributed by atoms with van der Waals surface area (Å²) in [5.74, 6) is -0.0667. The fourth-order valence-corrected chi connectivity index (χ4v) is 11.0. The summed E-state index contributed by atoms with van der Waals surface area (Å²) in [7, 11) is 0. The number of amides is 1. The van der Waals surface area contributed by atoms with E-state index in [0.29, 0.717) is 19.4 Å². The summed E-state index contributed by atoms with van der Waals surface area (Å²) in [6.07, 6.45) is 86.4. The van der Waals surface area contributed by atoms with Gasteiger partial charge in [-0.15, -0.1) is 0 Å². The van der Waals surface area contributed by atoms with Crippen molar-refractivity contribution in [2.45, 2.75) is 398 Å². The van der Waals surface area contributed by atoms with Crippen LogP contribution in [0.5, 0.6) is 0 Å². The van der Waals surface area contributed by atoms with E-state index in [1.807, 2.05) is 6.08 Å². The average Bonchev–Trinajstić information content (AvgIpc) is 3.44. The number of aliphatic hydroxyl groups excluding tert-OH is 2. The maximum atomic E-state index is 12.5. The molecule has 0 aromatic heterocycles. The Morgan fingerprint density at radius 1 is 0.346 bits per heavy atom. The molecule has 6 nitrogen and oxygen atoms in total. The first kappa shape index (κ1) is 76.1. The molecule has 0 saturated heterocycles. The SMILES string of the molecule is CCCCCCCCC/C=C\CCCCCCCC(=O)OCCCCCCCCCCCCCC/C=C\CCCCCCCCCC(=O)NC(CO)C(O)/C=C/CCCCCCCCCCCCCCCCCCCCCC. The normalized spacial score (nSPS) is 12.7. The number of hydrogen-bond donors (Lipinski definition) is 3. The summed E-state index contributed by atoms with van der Waals surface area (Å²) in [5, 5.41) is 23.2. The second kappa shape index (κ2) is 67.6. The number of carbonyl (C=O) groups excluding carboxylic acids is 2. The predicted octanol–water partition coefficient (Wildman–Crippen LogP) is 22.7. The summed E-state index contributed by atoms with van der Waals surface area (Å²) >= 11 is 0. The van der Waals surface area contributed by atoms with E-state index in [9.17, 15) is 19.8 Å². The summed E-state index contributed by atoms with van der Waals surface area (Å²) in [4.78, 5) is 24.6. The molecule has 0 aliphatic heterocycles. The van der Waals surface area contributed by atoms with Crippen molar-refractivity contribution < 1.29 is 24.5 Å². The molecule has 3 N–H and O–H groups in total. The lowest BCUT2D eigenvalue weighted by Gasteiger charge is -2.20. The lowest BCUT2D eigenvalue weighted by molar-refractivity contribution is -0.143. The van der Waals surface area contributed by atoms with E-state index in [-0.39, 0.29) is 18.5 Å². The summed E-state index contributed by atoms with van der Waals surface area (Å²) < 4.78 is 5.49. The number of unbranched alkanes of at least 4 members (excludes halogenated alkanes) is 51. The van der Waals surface area contributed by atoms with Crippen LogP contribution in [0, 0.1) is 0 Å². The van der Waals surface area contributed by atoms with Crippen molar-refractivity contribution in [1.29, 1.82) is 0 Å². The zero-order valence-electron chi connectivity index (χ0n) is 52.7. The number of ether oxygens (including phenoxy) is 1. The van der Waals surface area contributed by atoms with Crippen LogP contribution in [0.2, 0.25) is 0 Å². The van der Waals surface area contributed by atoms with Gasteiger partial charge in [-0.05, 0) is 83.5 Å². The molecular formula is C72H137NO5. The number of rotatable bonds is 66. The van der Waals surface area contributed by atoms with Crippen LogP contribution in [0.15, 0.2) is 36.5 Å². The van der Waals surface area contributed by atoms with Crippen molar-refractivity contribution in [1.82, 2.24) is 5.32 Å². The Bertz CT molecular complexity index is 1260. The Hall–Kier alpha value is -1.92. The molecular weight excluding hydrogens is 959 g/mol. The van der Waals surface area contributed by atoms with Gasteiger partial charge in [0, 0.05) is 12.8 Å². The molecule has 0 aromatic rings.